The molecular weight excluding hydrogens is 309 g/mol. The standard InChI is InChI=1S/C15H19BrFNO/c16-13-4-3-12(17)7-11(13)8-15(9-18)5-6-19-14(15)10-1-2-10/h3-4,7,10,14H,1-2,5-6,8-9,18H2. The van der Waals surface area contributed by atoms with Gasteiger partial charge in [0.1, 0.15) is 5.82 Å². The minimum absolute atomic E-state index is 0.0164. The molecule has 2 nitrogen and oxygen atoms in total. The minimum atomic E-state index is -0.188. The van der Waals surface area contributed by atoms with E-state index in [1.165, 1.54) is 18.9 Å². The lowest BCUT2D eigenvalue weighted by atomic mass is 9.74. The number of halogens is 2. The molecule has 2 N–H and O–H groups in total. The first-order valence-corrected chi connectivity index (χ1v) is 7.69. The molecule has 1 aromatic carbocycles. The van der Waals surface area contributed by atoms with E-state index < -0.39 is 0 Å². The molecule has 1 aliphatic carbocycles. The average molecular weight is 328 g/mol. The summed E-state index contributed by atoms with van der Waals surface area (Å²) >= 11 is 3.52. The van der Waals surface area contributed by atoms with Crippen molar-refractivity contribution in [3.05, 3.63) is 34.1 Å². The first-order valence-electron chi connectivity index (χ1n) is 6.90. The van der Waals surface area contributed by atoms with E-state index in [4.69, 9.17) is 10.5 Å². The van der Waals surface area contributed by atoms with Crippen molar-refractivity contribution >= 4 is 15.9 Å². The predicted molar refractivity (Wildman–Crippen MR) is 76.4 cm³/mol. The van der Waals surface area contributed by atoms with Crippen LogP contribution >= 0.6 is 15.9 Å². The number of rotatable bonds is 4. The van der Waals surface area contributed by atoms with E-state index >= 15 is 0 Å². The second-order valence-electron chi connectivity index (χ2n) is 5.86. The van der Waals surface area contributed by atoms with Crippen molar-refractivity contribution in [3.63, 3.8) is 0 Å². The lowest BCUT2D eigenvalue weighted by Crippen LogP contribution is -2.41. The van der Waals surface area contributed by atoms with Crippen molar-refractivity contribution < 1.29 is 9.13 Å². The summed E-state index contributed by atoms with van der Waals surface area (Å²) in [6, 6.07) is 4.87. The van der Waals surface area contributed by atoms with E-state index in [0.717, 1.165) is 29.5 Å². The summed E-state index contributed by atoms with van der Waals surface area (Å²) in [5, 5.41) is 0. The maximum Gasteiger partial charge on any atom is 0.123 e. The maximum atomic E-state index is 13.4. The minimum Gasteiger partial charge on any atom is -0.377 e. The van der Waals surface area contributed by atoms with Gasteiger partial charge in [-0.25, -0.2) is 4.39 Å². The van der Waals surface area contributed by atoms with Crippen LogP contribution in [0.2, 0.25) is 0 Å². The summed E-state index contributed by atoms with van der Waals surface area (Å²) in [7, 11) is 0. The fourth-order valence-electron chi connectivity index (χ4n) is 3.28. The number of ether oxygens (including phenoxy) is 1. The molecule has 1 aromatic rings. The van der Waals surface area contributed by atoms with Gasteiger partial charge in [0.05, 0.1) is 6.10 Å². The lowest BCUT2D eigenvalue weighted by molar-refractivity contribution is 0.0344. The van der Waals surface area contributed by atoms with Gasteiger partial charge in [0.25, 0.3) is 0 Å². The van der Waals surface area contributed by atoms with Gasteiger partial charge in [0.2, 0.25) is 0 Å². The zero-order chi connectivity index (χ0) is 13.5. The highest BCUT2D eigenvalue weighted by Gasteiger charge is 2.50. The maximum absolute atomic E-state index is 13.4. The summed E-state index contributed by atoms with van der Waals surface area (Å²) in [6.07, 6.45) is 4.53. The van der Waals surface area contributed by atoms with Gasteiger partial charge in [0.15, 0.2) is 0 Å². The highest BCUT2D eigenvalue weighted by molar-refractivity contribution is 9.10. The van der Waals surface area contributed by atoms with Gasteiger partial charge in [0, 0.05) is 23.0 Å². The van der Waals surface area contributed by atoms with Crippen LogP contribution in [-0.4, -0.2) is 19.3 Å². The van der Waals surface area contributed by atoms with E-state index in [-0.39, 0.29) is 17.3 Å². The Bertz CT molecular complexity index is 477. The van der Waals surface area contributed by atoms with E-state index in [2.05, 4.69) is 15.9 Å². The number of benzene rings is 1. The Labute approximate surface area is 121 Å². The number of hydrogen-bond donors (Lipinski definition) is 1. The van der Waals surface area contributed by atoms with Gasteiger partial charge in [-0.15, -0.1) is 0 Å². The second-order valence-corrected chi connectivity index (χ2v) is 6.71. The summed E-state index contributed by atoms with van der Waals surface area (Å²) in [5.41, 5.74) is 7.06. The molecule has 0 amide bonds. The zero-order valence-electron chi connectivity index (χ0n) is 10.9. The Morgan fingerprint density at radius 3 is 2.89 bits per heavy atom. The molecule has 2 atom stereocenters. The summed E-state index contributed by atoms with van der Waals surface area (Å²) in [4.78, 5) is 0. The van der Waals surface area contributed by atoms with Crippen LogP contribution < -0.4 is 5.73 Å². The molecule has 2 aliphatic rings. The van der Waals surface area contributed by atoms with Crippen LogP contribution in [-0.2, 0) is 11.2 Å². The predicted octanol–water partition coefficient (Wildman–Crippen LogP) is 3.27. The quantitative estimate of drug-likeness (QED) is 0.921. The molecule has 1 heterocycles. The SMILES string of the molecule is NCC1(Cc2cc(F)ccc2Br)CCOC1C1CC1. The fourth-order valence-corrected chi connectivity index (χ4v) is 3.67. The van der Waals surface area contributed by atoms with Gasteiger partial charge < -0.3 is 10.5 Å². The van der Waals surface area contributed by atoms with Crippen LogP contribution in [0.1, 0.15) is 24.8 Å². The van der Waals surface area contributed by atoms with Crippen LogP contribution in [0.15, 0.2) is 22.7 Å². The monoisotopic (exact) mass is 327 g/mol. The van der Waals surface area contributed by atoms with Crippen LogP contribution in [0.3, 0.4) is 0 Å². The van der Waals surface area contributed by atoms with Crippen LogP contribution in [0.4, 0.5) is 4.39 Å². The molecule has 3 rings (SSSR count). The third-order valence-electron chi connectivity index (χ3n) is 4.51. The van der Waals surface area contributed by atoms with Crippen LogP contribution in [0.5, 0.6) is 0 Å². The van der Waals surface area contributed by atoms with Gasteiger partial charge >= 0.3 is 0 Å². The third-order valence-corrected chi connectivity index (χ3v) is 5.28. The van der Waals surface area contributed by atoms with E-state index in [1.54, 1.807) is 12.1 Å². The molecule has 1 aliphatic heterocycles. The van der Waals surface area contributed by atoms with Crippen molar-refractivity contribution in [3.8, 4) is 0 Å². The Morgan fingerprint density at radius 1 is 1.42 bits per heavy atom. The van der Waals surface area contributed by atoms with Crippen LogP contribution in [0, 0.1) is 17.2 Å². The summed E-state index contributed by atoms with van der Waals surface area (Å²) < 4.78 is 20.3. The molecular formula is C15H19BrFNO. The largest absolute Gasteiger partial charge is 0.377 e. The van der Waals surface area contributed by atoms with Gasteiger partial charge in [-0.1, -0.05) is 15.9 Å². The molecule has 19 heavy (non-hydrogen) atoms. The molecule has 0 aromatic heterocycles. The van der Waals surface area contributed by atoms with Crippen molar-refractivity contribution in [2.75, 3.05) is 13.2 Å². The van der Waals surface area contributed by atoms with Gasteiger partial charge in [-0.3, -0.25) is 0 Å². The van der Waals surface area contributed by atoms with E-state index in [0.29, 0.717) is 12.5 Å². The third kappa shape index (κ3) is 2.58. The average Bonchev–Trinajstić information content (AvgIpc) is 3.16. The molecule has 1 saturated heterocycles. The highest BCUT2D eigenvalue weighted by atomic mass is 79.9. The van der Waals surface area contributed by atoms with Crippen molar-refractivity contribution in [2.45, 2.75) is 31.8 Å². The first-order chi connectivity index (χ1) is 9.14. The van der Waals surface area contributed by atoms with E-state index in [1.807, 2.05) is 0 Å². The highest BCUT2D eigenvalue weighted by Crippen LogP contribution is 2.49. The van der Waals surface area contributed by atoms with Crippen molar-refractivity contribution in [1.29, 1.82) is 0 Å². The first kappa shape index (κ1) is 13.5. The molecule has 0 spiro atoms. The topological polar surface area (TPSA) is 35.2 Å². The molecule has 4 heteroatoms. The molecule has 0 radical (unpaired) electrons. The summed E-state index contributed by atoms with van der Waals surface area (Å²) in [5.74, 6) is 0.477. The van der Waals surface area contributed by atoms with Gasteiger partial charge in [-0.2, -0.15) is 0 Å². The Balaban J connectivity index is 1.87. The zero-order valence-corrected chi connectivity index (χ0v) is 12.5. The second kappa shape index (κ2) is 5.15. The molecule has 2 fully saturated rings. The number of nitrogens with two attached hydrogens (primary N) is 1. The van der Waals surface area contributed by atoms with E-state index in [9.17, 15) is 4.39 Å². The Morgan fingerprint density at radius 2 is 2.21 bits per heavy atom. The van der Waals surface area contributed by atoms with Crippen LogP contribution in [0.25, 0.3) is 0 Å². The fraction of sp³-hybridized carbons (Fsp3) is 0.600. The lowest BCUT2D eigenvalue weighted by Gasteiger charge is -2.33. The van der Waals surface area contributed by atoms with Gasteiger partial charge in [-0.05, 0) is 55.4 Å². The molecule has 1 saturated carbocycles. The van der Waals surface area contributed by atoms with Crippen molar-refractivity contribution in [2.24, 2.45) is 17.1 Å². The smallest absolute Gasteiger partial charge is 0.123 e. The molecule has 104 valence electrons. The summed E-state index contributed by atoms with van der Waals surface area (Å²) in [6.45, 7) is 1.39. The number of hydrogen-bond acceptors (Lipinski definition) is 2. The Kier molecular flexibility index (Phi) is 3.67. The normalized spacial score (nSPS) is 30.8. The Hall–Kier alpha value is -0.450. The van der Waals surface area contributed by atoms with Crippen molar-refractivity contribution in [1.82, 2.24) is 0 Å². The molecule has 2 unspecified atom stereocenters. The molecule has 0 bridgehead atoms.